The predicted octanol–water partition coefficient (Wildman–Crippen LogP) is 3.43. The SMILES string of the molecule is CCCNC(=NC)NCc1ccc(Cl)cc1OCC.I. The van der Waals surface area contributed by atoms with Crippen molar-refractivity contribution in [2.75, 3.05) is 20.2 Å². The number of halogens is 2. The number of aliphatic imine (C=N–C) groups is 1. The third-order valence-corrected chi connectivity index (χ3v) is 2.78. The van der Waals surface area contributed by atoms with Crippen molar-refractivity contribution in [2.24, 2.45) is 4.99 Å². The number of nitrogens with zero attached hydrogens (tertiary/aromatic N) is 1. The van der Waals surface area contributed by atoms with Crippen LogP contribution in [-0.4, -0.2) is 26.2 Å². The topological polar surface area (TPSA) is 45.7 Å². The van der Waals surface area contributed by atoms with Gasteiger partial charge >= 0.3 is 0 Å². The average Bonchev–Trinajstić information content (AvgIpc) is 2.41. The predicted molar refractivity (Wildman–Crippen MR) is 96.5 cm³/mol. The number of guanidine groups is 1. The molecule has 1 aromatic rings. The first-order valence-corrected chi connectivity index (χ1v) is 6.94. The van der Waals surface area contributed by atoms with Crippen molar-refractivity contribution in [1.82, 2.24) is 10.6 Å². The maximum atomic E-state index is 5.97. The summed E-state index contributed by atoms with van der Waals surface area (Å²) in [7, 11) is 1.76. The van der Waals surface area contributed by atoms with E-state index in [0.29, 0.717) is 18.2 Å². The van der Waals surface area contributed by atoms with Gasteiger partial charge in [-0.05, 0) is 25.5 Å². The maximum Gasteiger partial charge on any atom is 0.191 e. The number of benzene rings is 1. The van der Waals surface area contributed by atoms with Gasteiger partial charge < -0.3 is 15.4 Å². The zero-order chi connectivity index (χ0) is 14.1. The standard InChI is InChI=1S/C14H22ClN3O.HI/c1-4-8-17-14(16-3)18-10-11-6-7-12(15)9-13(11)19-5-2;/h6-7,9H,4-5,8,10H2,1-3H3,(H2,16,17,18);1H. The molecule has 0 unspecified atom stereocenters. The van der Waals surface area contributed by atoms with E-state index in [-0.39, 0.29) is 24.0 Å². The monoisotopic (exact) mass is 411 g/mol. The smallest absolute Gasteiger partial charge is 0.191 e. The molecule has 0 amide bonds. The van der Waals surface area contributed by atoms with Crippen molar-refractivity contribution in [1.29, 1.82) is 0 Å². The summed E-state index contributed by atoms with van der Waals surface area (Å²) in [5, 5.41) is 7.16. The van der Waals surface area contributed by atoms with Crippen molar-refractivity contribution in [3.8, 4) is 5.75 Å². The Balaban J connectivity index is 0.00000361. The van der Waals surface area contributed by atoms with E-state index in [1.165, 1.54) is 0 Å². The highest BCUT2D eigenvalue weighted by Gasteiger charge is 2.05. The quantitative estimate of drug-likeness (QED) is 0.428. The molecule has 20 heavy (non-hydrogen) atoms. The normalized spacial score (nSPS) is 10.7. The highest BCUT2D eigenvalue weighted by molar-refractivity contribution is 14.0. The second kappa shape index (κ2) is 11.0. The zero-order valence-corrected chi connectivity index (χ0v) is 15.3. The number of hydrogen-bond acceptors (Lipinski definition) is 2. The van der Waals surface area contributed by atoms with E-state index in [9.17, 15) is 0 Å². The van der Waals surface area contributed by atoms with Gasteiger partial charge in [0.15, 0.2) is 5.96 Å². The Labute approximate surface area is 143 Å². The molecule has 114 valence electrons. The molecule has 0 saturated carbocycles. The Hall–Kier alpha value is -0.690. The minimum absolute atomic E-state index is 0. The van der Waals surface area contributed by atoms with Crippen LogP contribution in [0.1, 0.15) is 25.8 Å². The minimum atomic E-state index is 0. The Bertz CT molecular complexity index is 427. The van der Waals surface area contributed by atoms with Crippen molar-refractivity contribution >= 4 is 41.5 Å². The van der Waals surface area contributed by atoms with Crippen LogP contribution in [0.15, 0.2) is 23.2 Å². The Morgan fingerprint density at radius 2 is 2.05 bits per heavy atom. The first kappa shape index (κ1) is 19.3. The van der Waals surface area contributed by atoms with Crippen LogP contribution in [0.5, 0.6) is 5.75 Å². The fourth-order valence-electron chi connectivity index (χ4n) is 1.61. The van der Waals surface area contributed by atoms with E-state index in [2.05, 4.69) is 22.5 Å². The Morgan fingerprint density at radius 3 is 2.65 bits per heavy atom. The van der Waals surface area contributed by atoms with Crippen LogP contribution in [0.3, 0.4) is 0 Å². The summed E-state index contributed by atoms with van der Waals surface area (Å²) in [6.07, 6.45) is 1.06. The van der Waals surface area contributed by atoms with E-state index in [0.717, 1.165) is 30.2 Å². The van der Waals surface area contributed by atoms with Gasteiger partial charge in [-0.3, -0.25) is 4.99 Å². The van der Waals surface area contributed by atoms with Crippen LogP contribution in [0.25, 0.3) is 0 Å². The van der Waals surface area contributed by atoms with Gasteiger partial charge in [0.1, 0.15) is 5.75 Å². The third-order valence-electron chi connectivity index (χ3n) is 2.54. The summed E-state index contributed by atoms with van der Waals surface area (Å²) in [6.45, 7) is 6.25. The van der Waals surface area contributed by atoms with Gasteiger partial charge in [0.25, 0.3) is 0 Å². The number of ether oxygens (including phenoxy) is 1. The van der Waals surface area contributed by atoms with Gasteiger partial charge in [-0.1, -0.05) is 24.6 Å². The molecule has 0 heterocycles. The largest absolute Gasteiger partial charge is 0.493 e. The molecule has 1 aromatic carbocycles. The summed E-state index contributed by atoms with van der Waals surface area (Å²) in [5.74, 6) is 1.60. The Morgan fingerprint density at radius 1 is 1.30 bits per heavy atom. The molecule has 0 saturated heterocycles. The third kappa shape index (κ3) is 6.65. The lowest BCUT2D eigenvalue weighted by molar-refractivity contribution is 0.336. The summed E-state index contributed by atoms with van der Waals surface area (Å²) in [5.41, 5.74) is 1.06. The molecule has 0 atom stereocenters. The molecule has 0 aliphatic rings. The molecular weight excluding hydrogens is 389 g/mol. The molecule has 0 fully saturated rings. The van der Waals surface area contributed by atoms with E-state index < -0.39 is 0 Å². The fraction of sp³-hybridized carbons (Fsp3) is 0.500. The molecule has 2 N–H and O–H groups in total. The first-order valence-electron chi connectivity index (χ1n) is 6.57. The van der Waals surface area contributed by atoms with Gasteiger partial charge in [-0.15, -0.1) is 24.0 Å². The fourth-order valence-corrected chi connectivity index (χ4v) is 1.77. The van der Waals surface area contributed by atoms with Crippen LogP contribution < -0.4 is 15.4 Å². The van der Waals surface area contributed by atoms with Crippen LogP contribution in [0.2, 0.25) is 5.02 Å². The maximum absolute atomic E-state index is 5.97. The van der Waals surface area contributed by atoms with Crippen LogP contribution in [0.4, 0.5) is 0 Å². The van der Waals surface area contributed by atoms with Crippen molar-refractivity contribution in [2.45, 2.75) is 26.8 Å². The van der Waals surface area contributed by atoms with E-state index in [4.69, 9.17) is 16.3 Å². The number of nitrogens with one attached hydrogen (secondary N) is 2. The minimum Gasteiger partial charge on any atom is -0.493 e. The van der Waals surface area contributed by atoms with Crippen molar-refractivity contribution in [3.05, 3.63) is 28.8 Å². The molecule has 0 aliphatic heterocycles. The van der Waals surface area contributed by atoms with E-state index in [1.54, 1.807) is 7.05 Å². The highest BCUT2D eigenvalue weighted by atomic mass is 127. The molecule has 4 nitrogen and oxygen atoms in total. The van der Waals surface area contributed by atoms with Gasteiger partial charge in [0, 0.05) is 30.7 Å². The van der Waals surface area contributed by atoms with Gasteiger partial charge in [0.2, 0.25) is 0 Å². The molecule has 1 rings (SSSR count). The first-order chi connectivity index (χ1) is 9.21. The molecule has 0 aromatic heterocycles. The second-order valence-electron chi connectivity index (χ2n) is 4.04. The second-order valence-corrected chi connectivity index (χ2v) is 4.47. The van der Waals surface area contributed by atoms with Crippen LogP contribution in [0, 0.1) is 0 Å². The lowest BCUT2D eigenvalue weighted by Crippen LogP contribution is -2.37. The number of hydrogen-bond donors (Lipinski definition) is 2. The van der Waals surface area contributed by atoms with E-state index >= 15 is 0 Å². The van der Waals surface area contributed by atoms with Gasteiger partial charge in [-0.2, -0.15) is 0 Å². The lowest BCUT2D eigenvalue weighted by Gasteiger charge is -2.14. The summed E-state index contributed by atoms with van der Waals surface area (Å²) in [4.78, 5) is 4.16. The van der Waals surface area contributed by atoms with Crippen molar-refractivity contribution < 1.29 is 4.74 Å². The van der Waals surface area contributed by atoms with Crippen molar-refractivity contribution in [3.63, 3.8) is 0 Å². The van der Waals surface area contributed by atoms with Crippen LogP contribution in [-0.2, 0) is 6.54 Å². The van der Waals surface area contributed by atoms with Gasteiger partial charge in [-0.25, -0.2) is 0 Å². The van der Waals surface area contributed by atoms with Gasteiger partial charge in [0.05, 0.1) is 6.61 Å². The zero-order valence-electron chi connectivity index (χ0n) is 12.2. The number of rotatable bonds is 6. The van der Waals surface area contributed by atoms with Crippen LogP contribution >= 0.6 is 35.6 Å². The molecule has 6 heteroatoms. The Kier molecular flexibility index (Phi) is 10.6. The summed E-state index contributed by atoms with van der Waals surface area (Å²) >= 11 is 5.97. The molecule has 0 spiro atoms. The van der Waals surface area contributed by atoms with E-state index in [1.807, 2.05) is 25.1 Å². The lowest BCUT2D eigenvalue weighted by atomic mass is 10.2. The molecular formula is C14H23ClIN3O. The molecule has 0 aliphatic carbocycles. The summed E-state index contributed by atoms with van der Waals surface area (Å²) < 4.78 is 5.58. The average molecular weight is 412 g/mol. The highest BCUT2D eigenvalue weighted by Crippen LogP contribution is 2.23. The summed E-state index contributed by atoms with van der Waals surface area (Å²) in [6, 6.07) is 5.67. The molecule has 0 radical (unpaired) electrons. The molecule has 0 bridgehead atoms.